The van der Waals surface area contributed by atoms with Crippen LogP contribution in [0.2, 0.25) is 0 Å². The highest BCUT2D eigenvalue weighted by Crippen LogP contribution is 2.38. The van der Waals surface area contributed by atoms with Crippen molar-refractivity contribution in [3.05, 3.63) is 47.1 Å². The summed E-state index contributed by atoms with van der Waals surface area (Å²) < 4.78 is 2.02. The van der Waals surface area contributed by atoms with Crippen LogP contribution in [-0.4, -0.2) is 37.1 Å². The second kappa shape index (κ2) is 7.18. The first-order valence-electron chi connectivity index (χ1n) is 11.0. The Bertz CT molecular complexity index is 1210. The second-order valence-corrected chi connectivity index (χ2v) is 9.46. The molecule has 3 aromatic heterocycles. The average molecular weight is 416 g/mol. The molecule has 2 N–H and O–H groups in total. The zero-order valence-electron chi connectivity index (χ0n) is 18.8. The van der Waals surface area contributed by atoms with Crippen molar-refractivity contribution >= 4 is 23.9 Å². The first-order chi connectivity index (χ1) is 14.9. The Balaban J connectivity index is 1.68. The lowest BCUT2D eigenvalue weighted by molar-refractivity contribution is 0.629. The lowest BCUT2D eigenvalue weighted by Crippen LogP contribution is -2.28. The number of imidazole rings is 1. The Kier molecular flexibility index (Phi) is 4.57. The van der Waals surface area contributed by atoms with Crippen LogP contribution in [0.5, 0.6) is 0 Å². The molecule has 0 fully saturated rings. The molecule has 0 aromatic carbocycles. The molecule has 31 heavy (non-hydrogen) atoms. The highest BCUT2D eigenvalue weighted by molar-refractivity contribution is 5.80. The summed E-state index contributed by atoms with van der Waals surface area (Å²) in [6.45, 7) is 10.9. The van der Waals surface area contributed by atoms with Crippen LogP contribution >= 0.6 is 0 Å². The number of hydrogen-bond donors (Lipinski definition) is 2. The minimum absolute atomic E-state index is 0.0712. The van der Waals surface area contributed by atoms with E-state index in [2.05, 4.69) is 78.8 Å². The summed E-state index contributed by atoms with van der Waals surface area (Å²) in [5.41, 5.74) is 10.1. The van der Waals surface area contributed by atoms with Crippen LogP contribution in [0, 0.1) is 6.92 Å². The maximum atomic E-state index is 5.15. The van der Waals surface area contributed by atoms with E-state index in [-0.39, 0.29) is 17.5 Å². The van der Waals surface area contributed by atoms with Gasteiger partial charge in [0, 0.05) is 35.6 Å². The van der Waals surface area contributed by atoms with Crippen LogP contribution in [0.25, 0.3) is 23.1 Å². The molecular weight excluding hydrogens is 386 g/mol. The monoisotopic (exact) mass is 415 g/mol. The van der Waals surface area contributed by atoms with Crippen molar-refractivity contribution in [2.75, 3.05) is 5.32 Å². The molecule has 0 amide bonds. The maximum Gasteiger partial charge on any atom is 0.235 e. The Hall–Kier alpha value is -3.22. The molecule has 5 rings (SSSR count). The first kappa shape index (κ1) is 19.7. The van der Waals surface area contributed by atoms with Gasteiger partial charge >= 0.3 is 0 Å². The van der Waals surface area contributed by atoms with Gasteiger partial charge in [0.15, 0.2) is 0 Å². The maximum absolute atomic E-state index is 5.15. The summed E-state index contributed by atoms with van der Waals surface area (Å²) in [4.78, 5) is 14.2. The van der Waals surface area contributed by atoms with Gasteiger partial charge in [-0.15, -0.1) is 0 Å². The van der Waals surface area contributed by atoms with Crippen molar-refractivity contribution in [3.63, 3.8) is 0 Å². The number of aromatic nitrogens is 4. The Morgan fingerprint density at radius 3 is 2.77 bits per heavy atom. The molecule has 0 bridgehead atoms. The molecule has 0 spiro atoms. The normalized spacial score (nSPS) is 19.4. The van der Waals surface area contributed by atoms with E-state index in [1.807, 2.05) is 23.0 Å². The molecular formula is C24H29N7. The highest BCUT2D eigenvalue weighted by atomic mass is 15.3. The minimum atomic E-state index is -0.0712. The van der Waals surface area contributed by atoms with Crippen LogP contribution in [0.3, 0.4) is 0 Å². The van der Waals surface area contributed by atoms with Crippen LogP contribution < -0.4 is 10.7 Å². The van der Waals surface area contributed by atoms with Crippen molar-refractivity contribution < 1.29 is 0 Å². The number of pyridine rings is 1. The Morgan fingerprint density at radius 1 is 1.19 bits per heavy atom. The smallest absolute Gasteiger partial charge is 0.235 e. The van der Waals surface area contributed by atoms with Crippen molar-refractivity contribution in [1.82, 2.24) is 24.8 Å². The van der Waals surface area contributed by atoms with Crippen LogP contribution in [-0.2, 0) is 6.42 Å². The molecule has 7 heteroatoms. The van der Waals surface area contributed by atoms with Gasteiger partial charge in [0.1, 0.15) is 5.82 Å². The van der Waals surface area contributed by atoms with Crippen LogP contribution in [0.4, 0.5) is 5.82 Å². The zero-order valence-corrected chi connectivity index (χ0v) is 18.8. The third kappa shape index (κ3) is 3.38. The van der Waals surface area contributed by atoms with Gasteiger partial charge in [0.2, 0.25) is 5.78 Å². The lowest BCUT2D eigenvalue weighted by atomic mass is 9.82. The van der Waals surface area contributed by atoms with Gasteiger partial charge in [-0.2, -0.15) is 5.10 Å². The fourth-order valence-corrected chi connectivity index (χ4v) is 4.59. The molecule has 2 unspecified atom stereocenters. The molecule has 4 heterocycles. The number of nitrogens with zero attached hydrogens (tertiary/aromatic N) is 5. The molecule has 0 saturated heterocycles. The molecule has 7 nitrogen and oxygen atoms in total. The van der Waals surface area contributed by atoms with Gasteiger partial charge in [0.25, 0.3) is 0 Å². The highest BCUT2D eigenvalue weighted by Gasteiger charge is 2.32. The van der Waals surface area contributed by atoms with Gasteiger partial charge < -0.3 is 10.7 Å². The summed E-state index contributed by atoms with van der Waals surface area (Å²) in [7, 11) is 0. The molecule has 0 radical (unpaired) electrons. The van der Waals surface area contributed by atoms with Gasteiger partial charge in [-0.25, -0.2) is 15.0 Å². The average Bonchev–Trinajstić information content (AvgIpc) is 3.35. The molecule has 1 aliphatic carbocycles. The van der Waals surface area contributed by atoms with Crippen molar-refractivity contribution in [2.24, 2.45) is 5.10 Å². The van der Waals surface area contributed by atoms with E-state index in [4.69, 9.17) is 4.98 Å². The Labute approximate surface area is 182 Å². The van der Waals surface area contributed by atoms with Gasteiger partial charge in [0.05, 0.1) is 23.6 Å². The van der Waals surface area contributed by atoms with E-state index in [1.165, 1.54) is 16.7 Å². The Morgan fingerprint density at radius 2 is 2.00 bits per heavy atom. The predicted octanol–water partition coefficient (Wildman–Crippen LogP) is 4.33. The topological polar surface area (TPSA) is 79.5 Å². The third-order valence-electron chi connectivity index (χ3n) is 5.93. The lowest BCUT2D eigenvalue weighted by Gasteiger charge is -2.26. The zero-order chi connectivity index (χ0) is 21.8. The number of hydrogen-bond acceptors (Lipinski definition) is 6. The fraction of sp³-hybridized carbons (Fsp3) is 0.417. The van der Waals surface area contributed by atoms with Gasteiger partial charge in [-0.1, -0.05) is 19.4 Å². The van der Waals surface area contributed by atoms with E-state index in [1.54, 1.807) is 0 Å². The number of hydrazone groups is 1. The summed E-state index contributed by atoms with van der Waals surface area (Å²) in [5.74, 6) is 1.85. The summed E-state index contributed by atoms with van der Waals surface area (Å²) >= 11 is 0. The molecule has 1 aliphatic heterocycles. The number of fused-ring (bicyclic) bond motifs is 4. The van der Waals surface area contributed by atoms with E-state index >= 15 is 0 Å². The molecule has 2 atom stereocenters. The van der Waals surface area contributed by atoms with E-state index in [0.717, 1.165) is 35.6 Å². The largest absolute Gasteiger partial charge is 0.365 e. The quantitative estimate of drug-likeness (QED) is 0.663. The molecule has 0 saturated carbocycles. The fourth-order valence-electron chi connectivity index (χ4n) is 4.59. The van der Waals surface area contributed by atoms with Gasteiger partial charge in [-0.05, 0) is 56.9 Å². The predicted molar refractivity (Wildman–Crippen MR) is 126 cm³/mol. The molecule has 2 aliphatic rings. The standard InChI is InChI=1S/C24H29N7/c1-6-7-16-14(2)21-17-11-27-30-18(17)8-9-19(21)28-22(16)15-10-25-23-26-12-20(31(23)13-15)29-24(3,4)5/h8-13,17-18,29-30H,6-7H2,1-5H3. The number of nitrogens with one attached hydrogen (secondary N) is 2. The minimum Gasteiger partial charge on any atom is -0.365 e. The molecule has 160 valence electrons. The second-order valence-electron chi connectivity index (χ2n) is 9.46. The molecule has 3 aromatic rings. The summed E-state index contributed by atoms with van der Waals surface area (Å²) in [6.07, 6.45) is 14.2. The van der Waals surface area contributed by atoms with Crippen molar-refractivity contribution in [3.8, 4) is 11.3 Å². The van der Waals surface area contributed by atoms with E-state index in [9.17, 15) is 0 Å². The van der Waals surface area contributed by atoms with Gasteiger partial charge in [-0.3, -0.25) is 4.40 Å². The van der Waals surface area contributed by atoms with Crippen molar-refractivity contribution in [1.29, 1.82) is 0 Å². The van der Waals surface area contributed by atoms with Crippen LogP contribution in [0.1, 0.15) is 62.4 Å². The van der Waals surface area contributed by atoms with E-state index in [0.29, 0.717) is 5.78 Å². The SMILES string of the molecule is CCCc1c(-c2cnc3ncc(NC(C)(C)C)n3c2)nc2c(c1C)C1C=NNC1C=C2. The van der Waals surface area contributed by atoms with Crippen LogP contribution in [0.15, 0.2) is 29.8 Å². The number of anilines is 1. The van der Waals surface area contributed by atoms with Crippen molar-refractivity contribution in [2.45, 2.75) is 65.0 Å². The van der Waals surface area contributed by atoms with E-state index < -0.39 is 0 Å². The summed E-state index contributed by atoms with van der Waals surface area (Å²) in [5, 5.41) is 7.83. The third-order valence-corrected chi connectivity index (χ3v) is 5.93. The summed E-state index contributed by atoms with van der Waals surface area (Å²) in [6, 6.07) is 0.225. The first-order valence-corrected chi connectivity index (χ1v) is 11.0. The number of rotatable bonds is 4.